The fraction of sp³-hybridized carbons (Fsp3) is 0.480. The monoisotopic (exact) mass is 488 g/mol. The Kier molecular flexibility index (Phi) is 7.04. The van der Waals surface area contributed by atoms with Crippen molar-refractivity contribution >= 4 is 15.9 Å². The van der Waals surface area contributed by atoms with E-state index < -0.39 is 10.0 Å². The van der Waals surface area contributed by atoms with E-state index >= 15 is 0 Å². The first-order valence-electron chi connectivity index (χ1n) is 11.5. The van der Waals surface area contributed by atoms with Crippen LogP contribution in [0.5, 0.6) is 17.2 Å². The summed E-state index contributed by atoms with van der Waals surface area (Å²) in [5, 5.41) is 2.74. The number of hydrogen-bond acceptors (Lipinski definition) is 6. The molecule has 2 aromatic carbocycles. The van der Waals surface area contributed by atoms with Gasteiger partial charge in [0.2, 0.25) is 10.0 Å². The van der Waals surface area contributed by atoms with Gasteiger partial charge in [-0.3, -0.25) is 4.79 Å². The van der Waals surface area contributed by atoms with E-state index in [1.165, 1.54) is 4.31 Å². The summed E-state index contributed by atoms with van der Waals surface area (Å²) in [7, 11) is -1.79. The first kappa shape index (κ1) is 24.3. The van der Waals surface area contributed by atoms with Crippen molar-refractivity contribution in [3.05, 3.63) is 53.1 Å². The summed E-state index contributed by atoms with van der Waals surface area (Å²) < 4.78 is 44.0. The standard InChI is InChI=1S/C25H32N2O6S/c1-25(2)15-19-6-4-7-22(24(19)33-25)32-17-23(28)26-11-5-13-34(29,30)27-12-10-18-14-21(31-3)9-8-20(18)16-27/h4,6-9,14H,5,10-13,15-17H2,1-3H3,(H,26,28). The lowest BCUT2D eigenvalue weighted by Gasteiger charge is -2.28. The molecule has 0 saturated carbocycles. The number of ether oxygens (including phenoxy) is 3. The summed E-state index contributed by atoms with van der Waals surface area (Å²) in [4.78, 5) is 12.2. The van der Waals surface area contributed by atoms with Crippen LogP contribution in [-0.2, 0) is 34.2 Å². The summed E-state index contributed by atoms with van der Waals surface area (Å²) in [5.74, 6) is 1.70. The number of methoxy groups -OCH3 is 1. The molecule has 9 heteroatoms. The highest BCUT2D eigenvalue weighted by atomic mass is 32.2. The van der Waals surface area contributed by atoms with E-state index in [0.29, 0.717) is 37.4 Å². The maximum Gasteiger partial charge on any atom is 0.257 e. The Morgan fingerprint density at radius 2 is 2.00 bits per heavy atom. The van der Waals surface area contributed by atoms with Crippen LogP contribution >= 0.6 is 0 Å². The molecule has 0 atom stereocenters. The average Bonchev–Trinajstić information content (AvgIpc) is 3.14. The molecule has 2 heterocycles. The molecule has 0 spiro atoms. The summed E-state index contributed by atoms with van der Waals surface area (Å²) in [6, 6.07) is 11.4. The van der Waals surface area contributed by atoms with E-state index in [-0.39, 0.29) is 30.4 Å². The number of rotatable bonds is 9. The number of nitrogens with one attached hydrogen (secondary N) is 1. The molecule has 0 aromatic heterocycles. The molecule has 2 aliphatic heterocycles. The Morgan fingerprint density at radius 1 is 1.18 bits per heavy atom. The molecule has 0 fully saturated rings. The minimum atomic E-state index is -3.41. The van der Waals surface area contributed by atoms with Crippen LogP contribution in [0.3, 0.4) is 0 Å². The molecule has 4 rings (SSSR count). The van der Waals surface area contributed by atoms with E-state index in [4.69, 9.17) is 14.2 Å². The van der Waals surface area contributed by atoms with Crippen LogP contribution in [0.1, 0.15) is 37.0 Å². The predicted octanol–water partition coefficient (Wildman–Crippen LogP) is 2.68. The van der Waals surface area contributed by atoms with Gasteiger partial charge in [-0.15, -0.1) is 0 Å². The van der Waals surface area contributed by atoms with Gasteiger partial charge in [-0.25, -0.2) is 8.42 Å². The molecule has 34 heavy (non-hydrogen) atoms. The van der Waals surface area contributed by atoms with Crippen LogP contribution in [0.15, 0.2) is 36.4 Å². The van der Waals surface area contributed by atoms with Gasteiger partial charge in [0.15, 0.2) is 18.1 Å². The Balaban J connectivity index is 1.21. The van der Waals surface area contributed by atoms with Crippen molar-refractivity contribution in [2.75, 3.05) is 32.6 Å². The quantitative estimate of drug-likeness (QED) is 0.546. The van der Waals surface area contributed by atoms with Gasteiger partial charge in [0.05, 0.1) is 12.9 Å². The number of sulfonamides is 1. The third-order valence-corrected chi connectivity index (χ3v) is 8.00. The molecule has 2 aliphatic rings. The molecule has 184 valence electrons. The highest BCUT2D eigenvalue weighted by Gasteiger charge is 2.32. The Hall–Kier alpha value is -2.78. The number of carbonyl (C=O) groups excluding carboxylic acids is 1. The smallest absolute Gasteiger partial charge is 0.257 e. The third-order valence-electron chi connectivity index (χ3n) is 6.10. The Morgan fingerprint density at radius 3 is 2.79 bits per heavy atom. The maximum absolute atomic E-state index is 12.8. The molecule has 1 N–H and O–H groups in total. The Labute approximate surface area is 201 Å². The fourth-order valence-corrected chi connectivity index (χ4v) is 5.85. The van der Waals surface area contributed by atoms with E-state index in [1.807, 2.05) is 44.2 Å². The first-order valence-corrected chi connectivity index (χ1v) is 13.1. The Bertz CT molecular complexity index is 1160. The van der Waals surface area contributed by atoms with Crippen LogP contribution in [-0.4, -0.2) is 56.8 Å². The average molecular weight is 489 g/mol. The third kappa shape index (κ3) is 5.64. The van der Waals surface area contributed by atoms with Gasteiger partial charge in [-0.05, 0) is 56.0 Å². The number of para-hydroxylation sites is 1. The van der Waals surface area contributed by atoms with Crippen molar-refractivity contribution in [2.45, 2.75) is 45.3 Å². The van der Waals surface area contributed by atoms with Gasteiger partial charge in [0.1, 0.15) is 11.4 Å². The number of hydrogen-bond donors (Lipinski definition) is 1. The van der Waals surface area contributed by atoms with Crippen LogP contribution < -0.4 is 19.5 Å². The van der Waals surface area contributed by atoms with Crippen molar-refractivity contribution in [3.8, 4) is 17.2 Å². The lowest BCUT2D eigenvalue weighted by atomic mass is 10.0. The SMILES string of the molecule is COc1ccc2c(c1)CCN(S(=O)(=O)CCCNC(=O)COc1cccc3c1OC(C)(C)C3)C2. The van der Waals surface area contributed by atoms with Crippen LogP contribution in [0.2, 0.25) is 0 Å². The van der Waals surface area contributed by atoms with Crippen molar-refractivity contribution < 1.29 is 27.4 Å². The van der Waals surface area contributed by atoms with Crippen molar-refractivity contribution in [1.29, 1.82) is 0 Å². The molecular formula is C25H32N2O6S. The van der Waals surface area contributed by atoms with Crippen LogP contribution in [0, 0.1) is 0 Å². The van der Waals surface area contributed by atoms with Gasteiger partial charge in [-0.1, -0.05) is 18.2 Å². The molecule has 0 bridgehead atoms. The van der Waals surface area contributed by atoms with Crippen molar-refractivity contribution in [3.63, 3.8) is 0 Å². The number of nitrogens with zero attached hydrogens (tertiary/aromatic N) is 1. The largest absolute Gasteiger partial charge is 0.497 e. The van der Waals surface area contributed by atoms with E-state index in [0.717, 1.165) is 28.9 Å². The highest BCUT2D eigenvalue weighted by molar-refractivity contribution is 7.89. The maximum atomic E-state index is 12.8. The number of benzene rings is 2. The topological polar surface area (TPSA) is 94.2 Å². The zero-order chi connectivity index (χ0) is 24.3. The van der Waals surface area contributed by atoms with E-state index in [1.54, 1.807) is 13.2 Å². The fourth-order valence-electron chi connectivity index (χ4n) is 4.37. The lowest BCUT2D eigenvalue weighted by Crippen LogP contribution is -2.38. The minimum Gasteiger partial charge on any atom is -0.497 e. The minimum absolute atomic E-state index is 0.0191. The molecule has 8 nitrogen and oxygen atoms in total. The van der Waals surface area contributed by atoms with Gasteiger partial charge in [0, 0.05) is 31.6 Å². The normalized spacial score (nSPS) is 16.8. The molecule has 0 aliphatic carbocycles. The number of fused-ring (bicyclic) bond motifs is 2. The summed E-state index contributed by atoms with van der Waals surface area (Å²) >= 11 is 0. The van der Waals surface area contributed by atoms with Crippen LogP contribution in [0.25, 0.3) is 0 Å². The second-order valence-corrected chi connectivity index (χ2v) is 11.4. The molecular weight excluding hydrogens is 456 g/mol. The molecule has 0 saturated heterocycles. The lowest BCUT2D eigenvalue weighted by molar-refractivity contribution is -0.123. The van der Waals surface area contributed by atoms with Gasteiger partial charge in [-0.2, -0.15) is 4.31 Å². The molecule has 0 unspecified atom stereocenters. The van der Waals surface area contributed by atoms with Gasteiger partial charge in [0.25, 0.3) is 5.91 Å². The number of amides is 1. The van der Waals surface area contributed by atoms with Gasteiger partial charge < -0.3 is 19.5 Å². The van der Waals surface area contributed by atoms with Crippen LogP contribution in [0.4, 0.5) is 0 Å². The van der Waals surface area contributed by atoms with Crippen molar-refractivity contribution in [2.24, 2.45) is 0 Å². The zero-order valence-corrected chi connectivity index (χ0v) is 20.7. The molecule has 0 radical (unpaired) electrons. The molecule has 1 amide bonds. The summed E-state index contributed by atoms with van der Waals surface area (Å²) in [6.07, 6.45) is 1.78. The van der Waals surface area contributed by atoms with Gasteiger partial charge >= 0.3 is 0 Å². The highest BCUT2D eigenvalue weighted by Crippen LogP contribution is 2.41. The second-order valence-electron chi connectivity index (χ2n) is 9.31. The van der Waals surface area contributed by atoms with E-state index in [2.05, 4.69) is 5.32 Å². The first-order chi connectivity index (χ1) is 16.2. The zero-order valence-electron chi connectivity index (χ0n) is 19.9. The summed E-state index contributed by atoms with van der Waals surface area (Å²) in [6.45, 7) is 4.94. The predicted molar refractivity (Wildman–Crippen MR) is 129 cm³/mol. The summed E-state index contributed by atoms with van der Waals surface area (Å²) in [5.41, 5.74) is 2.89. The molecule has 2 aromatic rings. The van der Waals surface area contributed by atoms with Crippen molar-refractivity contribution in [1.82, 2.24) is 9.62 Å². The van der Waals surface area contributed by atoms with E-state index in [9.17, 15) is 13.2 Å². The number of carbonyl (C=O) groups is 1. The second kappa shape index (κ2) is 9.84.